The Hall–Kier alpha value is -3.24. The van der Waals surface area contributed by atoms with Gasteiger partial charge in [-0.1, -0.05) is 0 Å². The van der Waals surface area contributed by atoms with Crippen LogP contribution >= 0.6 is 0 Å². The lowest BCUT2D eigenvalue weighted by Gasteiger charge is -2.34. The lowest BCUT2D eigenvalue weighted by atomic mass is 10.0. The summed E-state index contributed by atoms with van der Waals surface area (Å²) in [6.07, 6.45) is -0.410. The normalized spacial score (nSPS) is 16.7. The lowest BCUT2D eigenvalue weighted by molar-refractivity contribution is -0.140. The van der Waals surface area contributed by atoms with Crippen LogP contribution in [-0.4, -0.2) is 77.4 Å². The second kappa shape index (κ2) is 10.1. The molecule has 0 radical (unpaired) electrons. The zero-order valence-electron chi connectivity index (χ0n) is 19.0. The minimum absolute atomic E-state index is 0.257. The fraction of sp³-hybridized carbons (Fsp3) is 0.478. The molecule has 0 aliphatic carbocycles. The monoisotopic (exact) mass is 454 g/mol. The van der Waals surface area contributed by atoms with Crippen molar-refractivity contribution >= 4 is 23.4 Å². The van der Waals surface area contributed by atoms with Gasteiger partial charge >= 0.3 is 6.03 Å². The van der Waals surface area contributed by atoms with Crippen LogP contribution in [-0.2, 0) is 22.5 Å². The van der Waals surface area contributed by atoms with Gasteiger partial charge in [-0.25, -0.2) is 14.8 Å². The largest absolute Gasteiger partial charge is 0.384 e. The molecule has 2 aliphatic heterocycles. The van der Waals surface area contributed by atoms with Gasteiger partial charge in [0.05, 0.1) is 25.5 Å². The molecule has 4 rings (SSSR count). The van der Waals surface area contributed by atoms with E-state index in [0.29, 0.717) is 50.8 Å². The average Bonchev–Trinajstić information content (AvgIpc) is 2.83. The number of morpholine rings is 1. The number of anilines is 2. The summed E-state index contributed by atoms with van der Waals surface area (Å²) in [7, 11) is 0. The highest BCUT2D eigenvalue weighted by atomic mass is 16.5. The molecule has 10 nitrogen and oxygen atoms in total. The minimum Gasteiger partial charge on any atom is -0.384 e. The maximum Gasteiger partial charge on any atom is 0.319 e. The van der Waals surface area contributed by atoms with Gasteiger partial charge in [0.2, 0.25) is 0 Å². The highest BCUT2D eigenvalue weighted by Gasteiger charge is 2.29. The van der Waals surface area contributed by atoms with Crippen molar-refractivity contribution in [2.24, 2.45) is 0 Å². The Balaban J connectivity index is 1.66. The second-order valence-electron chi connectivity index (χ2n) is 8.14. The molecule has 3 amide bonds. The van der Waals surface area contributed by atoms with E-state index >= 15 is 0 Å². The molecule has 176 valence electrons. The van der Waals surface area contributed by atoms with E-state index in [4.69, 9.17) is 14.7 Å². The highest BCUT2D eigenvalue weighted by molar-refractivity contribution is 5.89. The van der Waals surface area contributed by atoms with Crippen molar-refractivity contribution in [1.82, 2.24) is 20.2 Å². The first kappa shape index (κ1) is 22.9. The summed E-state index contributed by atoms with van der Waals surface area (Å²) in [6.45, 7) is 7.52. The highest BCUT2D eigenvalue weighted by Crippen LogP contribution is 2.30. The van der Waals surface area contributed by atoms with E-state index in [0.717, 1.165) is 35.7 Å². The number of hydrogen-bond acceptors (Lipinski definition) is 7. The van der Waals surface area contributed by atoms with Gasteiger partial charge < -0.3 is 30.3 Å². The third kappa shape index (κ3) is 5.23. The van der Waals surface area contributed by atoms with Gasteiger partial charge in [0.1, 0.15) is 11.9 Å². The summed E-state index contributed by atoms with van der Waals surface area (Å²) in [5.74, 6) is 1.15. The van der Waals surface area contributed by atoms with Gasteiger partial charge in [-0.2, -0.15) is 0 Å². The van der Waals surface area contributed by atoms with Crippen molar-refractivity contribution in [1.29, 1.82) is 0 Å². The van der Waals surface area contributed by atoms with Gasteiger partial charge in [-0.3, -0.25) is 4.79 Å². The molecule has 10 heteroatoms. The Morgan fingerprint density at radius 1 is 1.15 bits per heavy atom. The molecular formula is C23H30N6O4. The molecule has 33 heavy (non-hydrogen) atoms. The molecule has 0 saturated carbocycles. The first-order valence-electron chi connectivity index (χ1n) is 11.3. The number of fused-ring (bicyclic) bond motifs is 1. The van der Waals surface area contributed by atoms with Gasteiger partial charge in [0.15, 0.2) is 5.82 Å². The first-order valence-corrected chi connectivity index (χ1v) is 11.3. The maximum absolute atomic E-state index is 12.4. The number of ether oxygens (including phenoxy) is 1. The smallest absolute Gasteiger partial charge is 0.319 e. The molecule has 1 atom stereocenters. The van der Waals surface area contributed by atoms with Crippen LogP contribution in [0.2, 0.25) is 0 Å². The van der Waals surface area contributed by atoms with Crippen LogP contribution in [0.4, 0.5) is 16.3 Å². The predicted octanol–water partition coefficient (Wildman–Crippen LogP) is 1.39. The Labute approximate surface area is 193 Å². The number of amides is 3. The number of rotatable bonds is 5. The fourth-order valence-electron chi connectivity index (χ4n) is 4.07. The number of nitrogens with one attached hydrogen (secondary N) is 2. The van der Waals surface area contributed by atoms with Crippen LogP contribution in [0.1, 0.15) is 25.1 Å². The molecule has 3 N–H and O–H groups in total. The number of aliphatic hydroxyl groups excluding tert-OH is 1. The number of carbonyl (C=O) groups is 2. The summed E-state index contributed by atoms with van der Waals surface area (Å²) in [4.78, 5) is 37.7. The van der Waals surface area contributed by atoms with Crippen LogP contribution in [0, 0.1) is 0 Å². The lowest BCUT2D eigenvalue weighted by Crippen LogP contribution is -2.43. The topological polar surface area (TPSA) is 120 Å². The van der Waals surface area contributed by atoms with Crippen molar-refractivity contribution in [3.63, 3.8) is 0 Å². The molecule has 1 fully saturated rings. The standard InChI is InChI=1S/C23H30N6O4/c1-3-24-23(32)25-17-6-4-16(5-7-17)20-26-19-14-29(22(31)15(2)30)9-8-18(19)21(27-20)28-10-12-33-13-11-28/h4-7,15,30H,3,8-14H2,1-2H3,(H2,24,25,32). The molecule has 1 aromatic heterocycles. The predicted molar refractivity (Wildman–Crippen MR) is 124 cm³/mol. The molecule has 1 aromatic carbocycles. The van der Waals surface area contributed by atoms with Crippen molar-refractivity contribution in [2.45, 2.75) is 32.9 Å². The van der Waals surface area contributed by atoms with Crippen LogP contribution in [0.25, 0.3) is 11.4 Å². The SMILES string of the molecule is CCNC(=O)Nc1ccc(-c2nc3c(c(N4CCOCC4)n2)CCN(C(=O)C(C)O)C3)cc1. The van der Waals surface area contributed by atoms with Crippen LogP contribution in [0.3, 0.4) is 0 Å². The van der Waals surface area contributed by atoms with Crippen molar-refractivity contribution in [3.8, 4) is 11.4 Å². The Bertz CT molecular complexity index is 1000. The zero-order chi connectivity index (χ0) is 23.4. The first-order chi connectivity index (χ1) is 16.0. The Morgan fingerprint density at radius 2 is 1.88 bits per heavy atom. The Kier molecular flexibility index (Phi) is 7.05. The third-order valence-electron chi connectivity index (χ3n) is 5.76. The quantitative estimate of drug-likeness (QED) is 0.624. The van der Waals surface area contributed by atoms with E-state index in [2.05, 4.69) is 15.5 Å². The van der Waals surface area contributed by atoms with Crippen molar-refractivity contribution < 1.29 is 19.4 Å². The molecule has 2 aliphatic rings. The minimum atomic E-state index is -1.04. The van der Waals surface area contributed by atoms with E-state index in [1.54, 1.807) is 4.90 Å². The molecule has 2 aromatic rings. The molecule has 0 spiro atoms. The van der Waals surface area contributed by atoms with Gasteiger partial charge in [-0.05, 0) is 44.5 Å². The van der Waals surface area contributed by atoms with Gasteiger partial charge in [0, 0.05) is 43.0 Å². The molecule has 0 bridgehead atoms. The number of nitrogens with zero attached hydrogens (tertiary/aromatic N) is 4. The third-order valence-corrected chi connectivity index (χ3v) is 5.76. The van der Waals surface area contributed by atoms with Crippen LogP contribution in [0.15, 0.2) is 24.3 Å². The fourth-order valence-corrected chi connectivity index (χ4v) is 4.07. The summed E-state index contributed by atoms with van der Waals surface area (Å²) in [6, 6.07) is 7.10. The number of benzene rings is 1. The van der Waals surface area contributed by atoms with E-state index < -0.39 is 6.10 Å². The molecule has 1 unspecified atom stereocenters. The van der Waals surface area contributed by atoms with E-state index in [1.165, 1.54) is 6.92 Å². The number of aromatic nitrogens is 2. The number of carbonyl (C=O) groups excluding carboxylic acids is 2. The molecule has 1 saturated heterocycles. The van der Waals surface area contributed by atoms with Gasteiger partial charge in [0.25, 0.3) is 5.91 Å². The summed E-state index contributed by atoms with van der Waals surface area (Å²) in [5.41, 5.74) is 3.33. The van der Waals surface area contributed by atoms with Gasteiger partial charge in [-0.15, -0.1) is 0 Å². The second-order valence-corrected chi connectivity index (χ2v) is 8.14. The van der Waals surface area contributed by atoms with E-state index in [-0.39, 0.29) is 11.9 Å². The average molecular weight is 455 g/mol. The van der Waals surface area contributed by atoms with E-state index in [1.807, 2.05) is 31.2 Å². The van der Waals surface area contributed by atoms with Crippen LogP contribution in [0.5, 0.6) is 0 Å². The van der Waals surface area contributed by atoms with Crippen molar-refractivity contribution in [3.05, 3.63) is 35.5 Å². The summed E-state index contributed by atoms with van der Waals surface area (Å²) >= 11 is 0. The molecular weight excluding hydrogens is 424 g/mol. The zero-order valence-corrected chi connectivity index (χ0v) is 19.0. The maximum atomic E-state index is 12.4. The summed E-state index contributed by atoms with van der Waals surface area (Å²) < 4.78 is 5.51. The van der Waals surface area contributed by atoms with Crippen LogP contribution < -0.4 is 15.5 Å². The van der Waals surface area contributed by atoms with Crippen molar-refractivity contribution in [2.75, 3.05) is 49.6 Å². The number of hydrogen-bond donors (Lipinski definition) is 3. The van der Waals surface area contributed by atoms with E-state index in [9.17, 15) is 14.7 Å². The number of urea groups is 1. The number of aliphatic hydroxyl groups is 1. The molecule has 3 heterocycles. The summed E-state index contributed by atoms with van der Waals surface area (Å²) in [5, 5.41) is 15.2. The Morgan fingerprint density at radius 3 is 2.55 bits per heavy atom.